The maximum atomic E-state index is 15.0. The summed E-state index contributed by atoms with van der Waals surface area (Å²) in [6, 6.07) is 44.3. The van der Waals surface area contributed by atoms with E-state index in [1.807, 2.05) is 122 Å². The van der Waals surface area contributed by atoms with Crippen molar-refractivity contribution in [1.82, 2.24) is 10.2 Å². The van der Waals surface area contributed by atoms with Crippen LogP contribution in [0.15, 0.2) is 140 Å². The summed E-state index contributed by atoms with van der Waals surface area (Å²) in [6.07, 6.45) is 0.965. The van der Waals surface area contributed by atoms with Crippen LogP contribution in [0.3, 0.4) is 0 Å². The smallest absolute Gasteiger partial charge is 0.411 e. The molecule has 0 saturated carbocycles. The minimum Gasteiger partial charge on any atom is -0.480 e. The molecule has 5 aromatic carbocycles. The van der Waals surface area contributed by atoms with E-state index in [1.165, 1.54) is 4.90 Å². The van der Waals surface area contributed by atoms with Crippen molar-refractivity contribution in [3.05, 3.63) is 167 Å². The van der Waals surface area contributed by atoms with Gasteiger partial charge in [0.05, 0.1) is 0 Å². The van der Waals surface area contributed by atoms with E-state index in [1.54, 1.807) is 0 Å². The van der Waals surface area contributed by atoms with Crippen LogP contribution in [0.25, 0.3) is 11.1 Å². The summed E-state index contributed by atoms with van der Waals surface area (Å²) in [5.74, 6) is -1.25. The first kappa shape index (κ1) is 31.8. The van der Waals surface area contributed by atoms with Gasteiger partial charge in [0.25, 0.3) is 0 Å². The van der Waals surface area contributed by atoms with Crippen molar-refractivity contribution in [3.63, 3.8) is 0 Å². The van der Waals surface area contributed by atoms with Crippen LogP contribution in [0.2, 0.25) is 0 Å². The molecule has 0 bridgehead atoms. The zero-order valence-corrected chi connectivity index (χ0v) is 26.6. The molecule has 0 aliphatic heterocycles. The highest BCUT2D eigenvalue weighted by molar-refractivity contribution is 5.83. The number of carboxylic acid groups (broad SMARTS) is 1. The Hall–Kier alpha value is -5.20. The van der Waals surface area contributed by atoms with Gasteiger partial charge in [0.2, 0.25) is 0 Å². The second-order valence-electron chi connectivity index (χ2n) is 11.9. The average molecular weight is 625 g/mol. The third-order valence-corrected chi connectivity index (χ3v) is 9.22. The van der Waals surface area contributed by atoms with Crippen LogP contribution >= 0.6 is 0 Å². The molecular formula is C41H40N2O4. The standard InChI is InChI=1S/C41H40N2O4/c1-42-28-16-15-27-38(39(44)45)43(40(46)47-29-37-35-25-13-11-23-33(35)34-24-12-14-26-36(34)37)41(30-17-5-2-6-18-30,31-19-7-3-8-20-31)32-21-9-4-10-22-32/h2-14,17-26,37-38,42H,15-16,27-29H2,1H3,(H,44,45)/t38-/m0/s1. The van der Waals surface area contributed by atoms with Crippen molar-refractivity contribution in [2.45, 2.75) is 36.8 Å². The number of benzene rings is 5. The summed E-state index contributed by atoms with van der Waals surface area (Å²) < 4.78 is 6.34. The molecule has 0 saturated heterocycles. The van der Waals surface area contributed by atoms with Crippen molar-refractivity contribution in [3.8, 4) is 11.1 Å². The Morgan fingerprint density at radius 3 is 1.60 bits per heavy atom. The molecule has 238 valence electrons. The van der Waals surface area contributed by atoms with Gasteiger partial charge in [-0.2, -0.15) is 0 Å². The van der Waals surface area contributed by atoms with Gasteiger partial charge in [-0.1, -0.05) is 140 Å². The van der Waals surface area contributed by atoms with Gasteiger partial charge in [-0.25, -0.2) is 9.59 Å². The number of aliphatic carboxylic acids is 1. The maximum absolute atomic E-state index is 15.0. The Balaban J connectivity index is 1.51. The van der Waals surface area contributed by atoms with E-state index in [9.17, 15) is 14.7 Å². The van der Waals surface area contributed by atoms with E-state index in [-0.39, 0.29) is 18.9 Å². The fourth-order valence-electron chi connectivity index (χ4n) is 7.12. The van der Waals surface area contributed by atoms with Crippen molar-refractivity contribution in [2.24, 2.45) is 0 Å². The number of carbonyl (C=O) groups is 2. The molecule has 0 spiro atoms. The summed E-state index contributed by atoms with van der Waals surface area (Å²) in [5, 5.41) is 14.1. The Labute approximate surface area is 276 Å². The fourth-order valence-corrected chi connectivity index (χ4v) is 7.12. The number of hydrogen-bond donors (Lipinski definition) is 2. The molecule has 1 aliphatic carbocycles. The molecule has 0 fully saturated rings. The predicted molar refractivity (Wildman–Crippen MR) is 185 cm³/mol. The molecule has 2 N–H and O–H groups in total. The Kier molecular flexibility index (Phi) is 9.79. The quantitative estimate of drug-likeness (QED) is 0.102. The van der Waals surface area contributed by atoms with Gasteiger partial charge in [-0.15, -0.1) is 0 Å². The van der Waals surface area contributed by atoms with E-state index in [0.29, 0.717) is 6.42 Å². The number of amides is 1. The molecule has 0 aromatic heterocycles. The minimum absolute atomic E-state index is 0.0733. The summed E-state index contributed by atoms with van der Waals surface area (Å²) in [6.45, 7) is 0.822. The number of nitrogens with zero attached hydrogens (tertiary/aromatic N) is 1. The lowest BCUT2D eigenvalue weighted by atomic mass is 9.74. The summed E-state index contributed by atoms with van der Waals surface area (Å²) in [7, 11) is 1.88. The second kappa shape index (κ2) is 14.5. The van der Waals surface area contributed by atoms with Crippen molar-refractivity contribution in [1.29, 1.82) is 0 Å². The number of unbranched alkanes of at least 4 members (excludes halogenated alkanes) is 1. The first-order chi connectivity index (χ1) is 23.1. The molecule has 1 atom stereocenters. The predicted octanol–water partition coefficient (Wildman–Crippen LogP) is 8.07. The first-order valence-electron chi connectivity index (χ1n) is 16.3. The number of fused-ring (bicyclic) bond motifs is 3. The largest absolute Gasteiger partial charge is 0.480 e. The van der Waals surface area contributed by atoms with Crippen molar-refractivity contribution in [2.75, 3.05) is 20.2 Å². The Morgan fingerprint density at radius 1 is 0.702 bits per heavy atom. The molecule has 1 aliphatic rings. The number of hydrogen-bond acceptors (Lipinski definition) is 4. The van der Waals surface area contributed by atoms with E-state index in [2.05, 4.69) is 29.6 Å². The van der Waals surface area contributed by atoms with Crippen LogP contribution in [0, 0.1) is 0 Å². The van der Waals surface area contributed by atoms with E-state index < -0.39 is 23.6 Å². The third kappa shape index (κ3) is 6.17. The highest BCUT2D eigenvalue weighted by Gasteiger charge is 2.50. The van der Waals surface area contributed by atoms with Crippen LogP contribution in [0.5, 0.6) is 0 Å². The van der Waals surface area contributed by atoms with E-state index in [4.69, 9.17) is 4.74 Å². The normalized spacial score (nSPS) is 13.0. The van der Waals surface area contributed by atoms with E-state index >= 15 is 0 Å². The molecular weight excluding hydrogens is 584 g/mol. The van der Waals surface area contributed by atoms with Gasteiger partial charge in [-0.3, -0.25) is 4.90 Å². The molecule has 6 nitrogen and oxygen atoms in total. The van der Waals surface area contributed by atoms with Crippen molar-refractivity contribution >= 4 is 12.1 Å². The van der Waals surface area contributed by atoms with Crippen LogP contribution in [0.1, 0.15) is 53.0 Å². The highest BCUT2D eigenvalue weighted by Crippen LogP contribution is 2.47. The lowest BCUT2D eigenvalue weighted by molar-refractivity contribution is -0.144. The van der Waals surface area contributed by atoms with Crippen LogP contribution in [0.4, 0.5) is 4.79 Å². The lowest BCUT2D eigenvalue weighted by Crippen LogP contribution is -2.58. The second-order valence-corrected chi connectivity index (χ2v) is 11.9. The number of carbonyl (C=O) groups excluding carboxylic acids is 1. The van der Waals surface area contributed by atoms with Gasteiger partial charge in [-0.05, 0) is 71.8 Å². The third-order valence-electron chi connectivity index (χ3n) is 9.22. The molecule has 0 unspecified atom stereocenters. The van der Waals surface area contributed by atoms with Gasteiger partial charge in [0.15, 0.2) is 0 Å². The molecule has 1 amide bonds. The highest BCUT2D eigenvalue weighted by atomic mass is 16.6. The van der Waals surface area contributed by atoms with Crippen LogP contribution in [-0.2, 0) is 15.1 Å². The Bertz CT molecular complexity index is 1650. The molecule has 6 heteroatoms. The molecule has 47 heavy (non-hydrogen) atoms. The van der Waals surface area contributed by atoms with Crippen LogP contribution < -0.4 is 5.32 Å². The summed E-state index contributed by atoms with van der Waals surface area (Å²) >= 11 is 0. The monoisotopic (exact) mass is 624 g/mol. The zero-order valence-electron chi connectivity index (χ0n) is 26.6. The number of ether oxygens (including phenoxy) is 1. The molecule has 5 aromatic rings. The molecule has 0 radical (unpaired) electrons. The van der Waals surface area contributed by atoms with Gasteiger partial charge in [0, 0.05) is 5.92 Å². The first-order valence-corrected chi connectivity index (χ1v) is 16.3. The zero-order chi connectivity index (χ0) is 32.6. The fraction of sp³-hybridized carbons (Fsp3) is 0.220. The van der Waals surface area contributed by atoms with Gasteiger partial charge < -0.3 is 15.2 Å². The van der Waals surface area contributed by atoms with Gasteiger partial charge in [0.1, 0.15) is 18.2 Å². The van der Waals surface area contributed by atoms with Gasteiger partial charge >= 0.3 is 12.1 Å². The summed E-state index contributed by atoms with van der Waals surface area (Å²) in [5.41, 5.74) is 5.44. The number of carboxylic acids is 1. The summed E-state index contributed by atoms with van der Waals surface area (Å²) in [4.78, 5) is 29.8. The van der Waals surface area contributed by atoms with Crippen molar-refractivity contribution < 1.29 is 19.4 Å². The number of rotatable bonds is 13. The maximum Gasteiger partial charge on any atom is 0.411 e. The van der Waals surface area contributed by atoms with Crippen LogP contribution in [-0.4, -0.2) is 48.3 Å². The van der Waals surface area contributed by atoms with E-state index in [0.717, 1.165) is 51.9 Å². The average Bonchev–Trinajstić information content (AvgIpc) is 3.44. The number of nitrogens with one attached hydrogen (secondary N) is 1. The SMILES string of the molecule is CNCCCC[C@@H](C(=O)O)N(C(=O)OCC1c2ccccc2-c2ccccc21)C(c1ccccc1)(c1ccccc1)c1ccccc1. The minimum atomic E-state index is -1.31. The Morgan fingerprint density at radius 2 is 1.15 bits per heavy atom. The lowest BCUT2D eigenvalue weighted by Gasteiger charge is -2.47. The topological polar surface area (TPSA) is 78.9 Å². The molecule has 0 heterocycles. The molecule has 6 rings (SSSR count).